The summed E-state index contributed by atoms with van der Waals surface area (Å²) in [7, 11) is 0. The summed E-state index contributed by atoms with van der Waals surface area (Å²) in [5.41, 5.74) is 0.553. The highest BCUT2D eigenvalue weighted by molar-refractivity contribution is 6.22. The van der Waals surface area contributed by atoms with Crippen LogP contribution in [0.2, 0.25) is 0 Å². The van der Waals surface area contributed by atoms with Crippen molar-refractivity contribution in [2.45, 2.75) is 26.3 Å². The van der Waals surface area contributed by atoms with Gasteiger partial charge in [0.05, 0.1) is 24.3 Å². The van der Waals surface area contributed by atoms with Gasteiger partial charge in [0, 0.05) is 13.1 Å². The molecule has 1 atom stereocenters. The van der Waals surface area contributed by atoms with E-state index in [0.717, 1.165) is 4.90 Å². The summed E-state index contributed by atoms with van der Waals surface area (Å²) in [6.45, 7) is 5.15. The summed E-state index contributed by atoms with van der Waals surface area (Å²) in [4.78, 5) is 52.9. The maximum absolute atomic E-state index is 12.7. The fraction of sp³-hybridized carbons (Fsp3) is 0.500. The van der Waals surface area contributed by atoms with Crippen LogP contribution in [-0.2, 0) is 19.1 Å². The zero-order valence-electron chi connectivity index (χ0n) is 16.1. The topological polar surface area (TPSA) is 93.2 Å². The average molecular weight is 388 g/mol. The maximum Gasteiger partial charge on any atom is 0.329 e. The smallest absolute Gasteiger partial charge is 0.329 e. The van der Waals surface area contributed by atoms with Crippen LogP contribution in [0.5, 0.6) is 0 Å². The third-order valence-corrected chi connectivity index (χ3v) is 4.81. The Labute approximate surface area is 163 Å². The van der Waals surface area contributed by atoms with E-state index >= 15 is 0 Å². The molecular formula is C20H24N2O6. The quantitative estimate of drug-likeness (QED) is 0.535. The molecule has 0 radical (unpaired) electrons. The summed E-state index contributed by atoms with van der Waals surface area (Å²) in [5.74, 6) is -2.05. The van der Waals surface area contributed by atoms with Gasteiger partial charge in [-0.05, 0) is 24.5 Å². The number of amides is 3. The van der Waals surface area contributed by atoms with Gasteiger partial charge in [-0.2, -0.15) is 0 Å². The second-order valence-corrected chi connectivity index (χ2v) is 7.27. The van der Waals surface area contributed by atoms with Crippen LogP contribution >= 0.6 is 0 Å². The Morgan fingerprint density at radius 1 is 1.07 bits per heavy atom. The second-order valence-electron chi connectivity index (χ2n) is 7.27. The van der Waals surface area contributed by atoms with E-state index in [1.54, 1.807) is 29.2 Å². The fourth-order valence-corrected chi connectivity index (χ4v) is 3.38. The number of carbonyl (C=O) groups is 4. The molecule has 2 aliphatic rings. The molecule has 0 aliphatic carbocycles. The lowest BCUT2D eigenvalue weighted by Crippen LogP contribution is -2.48. The summed E-state index contributed by atoms with van der Waals surface area (Å²) < 4.78 is 10.4. The lowest BCUT2D eigenvalue weighted by molar-refractivity contribution is -0.157. The Bertz CT molecular complexity index is 750. The monoisotopic (exact) mass is 388 g/mol. The van der Waals surface area contributed by atoms with E-state index in [4.69, 9.17) is 9.47 Å². The molecule has 0 saturated carbocycles. The van der Waals surface area contributed by atoms with Crippen molar-refractivity contribution < 1.29 is 28.7 Å². The highest BCUT2D eigenvalue weighted by atomic mass is 16.5. The molecule has 2 heterocycles. The van der Waals surface area contributed by atoms with Gasteiger partial charge < -0.3 is 14.4 Å². The van der Waals surface area contributed by atoms with Crippen molar-refractivity contribution in [1.82, 2.24) is 9.80 Å². The molecule has 1 aromatic carbocycles. The summed E-state index contributed by atoms with van der Waals surface area (Å²) in [6, 6.07) is 5.41. The van der Waals surface area contributed by atoms with Crippen LogP contribution in [0, 0.1) is 5.92 Å². The van der Waals surface area contributed by atoms with Crippen LogP contribution in [0.4, 0.5) is 0 Å². The van der Waals surface area contributed by atoms with Gasteiger partial charge in [0.2, 0.25) is 0 Å². The number of hydrogen-bond acceptors (Lipinski definition) is 6. The number of esters is 1. The van der Waals surface area contributed by atoms with E-state index in [9.17, 15) is 19.2 Å². The molecular weight excluding hydrogens is 364 g/mol. The van der Waals surface area contributed by atoms with Crippen molar-refractivity contribution in [1.29, 1.82) is 0 Å². The first-order valence-corrected chi connectivity index (χ1v) is 9.39. The van der Waals surface area contributed by atoms with Gasteiger partial charge in [0.1, 0.15) is 6.04 Å². The van der Waals surface area contributed by atoms with Gasteiger partial charge in [-0.3, -0.25) is 19.3 Å². The normalized spacial score (nSPS) is 17.7. The summed E-state index contributed by atoms with van der Waals surface area (Å²) in [6.07, 6.45) is 0.260. The number of fused-ring (bicyclic) bond motifs is 1. The second kappa shape index (κ2) is 8.52. The van der Waals surface area contributed by atoms with Gasteiger partial charge in [0.25, 0.3) is 17.7 Å². The zero-order valence-corrected chi connectivity index (χ0v) is 16.1. The first-order chi connectivity index (χ1) is 13.4. The van der Waals surface area contributed by atoms with Crippen molar-refractivity contribution in [3.05, 3.63) is 35.4 Å². The van der Waals surface area contributed by atoms with E-state index in [1.165, 1.54) is 0 Å². The molecule has 3 rings (SSSR count). The molecule has 0 spiro atoms. The van der Waals surface area contributed by atoms with E-state index in [1.807, 2.05) is 13.8 Å². The Balaban J connectivity index is 1.71. The summed E-state index contributed by atoms with van der Waals surface area (Å²) in [5, 5.41) is 0. The Kier molecular flexibility index (Phi) is 6.08. The number of rotatable bonds is 6. The molecule has 1 aromatic rings. The third kappa shape index (κ3) is 4.06. The van der Waals surface area contributed by atoms with E-state index in [0.29, 0.717) is 26.3 Å². The first-order valence-electron chi connectivity index (χ1n) is 9.39. The highest BCUT2D eigenvalue weighted by Crippen LogP contribution is 2.27. The SMILES string of the molecule is CC(C)C[C@@H](C(=O)OCC(=O)N1CCOCC1)N1C(=O)c2ccccc2C1=O. The molecule has 0 bridgehead atoms. The number of morpholine rings is 1. The van der Waals surface area contributed by atoms with Gasteiger partial charge >= 0.3 is 5.97 Å². The van der Waals surface area contributed by atoms with Gasteiger partial charge in [-0.15, -0.1) is 0 Å². The van der Waals surface area contributed by atoms with Gasteiger partial charge in [-0.1, -0.05) is 26.0 Å². The van der Waals surface area contributed by atoms with Crippen LogP contribution in [0.3, 0.4) is 0 Å². The minimum Gasteiger partial charge on any atom is -0.454 e. The minimum absolute atomic E-state index is 0.0387. The standard InChI is InChI=1S/C20H24N2O6/c1-13(2)11-16(20(26)28-12-17(23)21-7-9-27-10-8-21)22-18(24)14-5-3-4-6-15(14)19(22)25/h3-6,13,16H,7-12H2,1-2H3/t16-/m0/s1. The fourth-order valence-electron chi connectivity index (χ4n) is 3.38. The van der Waals surface area contributed by atoms with Crippen molar-refractivity contribution >= 4 is 23.7 Å². The number of ether oxygens (including phenoxy) is 2. The number of nitrogens with zero attached hydrogens (tertiary/aromatic N) is 2. The number of imide groups is 1. The number of hydrogen-bond donors (Lipinski definition) is 0. The maximum atomic E-state index is 12.7. The van der Waals surface area contributed by atoms with Crippen molar-refractivity contribution in [2.75, 3.05) is 32.9 Å². The molecule has 28 heavy (non-hydrogen) atoms. The molecule has 0 aromatic heterocycles. The molecule has 2 aliphatic heterocycles. The van der Waals surface area contributed by atoms with Crippen LogP contribution in [-0.4, -0.2) is 72.4 Å². The lowest BCUT2D eigenvalue weighted by atomic mass is 10.0. The van der Waals surface area contributed by atoms with Crippen LogP contribution < -0.4 is 0 Å². The molecule has 150 valence electrons. The zero-order chi connectivity index (χ0) is 20.3. The van der Waals surface area contributed by atoms with Gasteiger partial charge in [-0.25, -0.2) is 4.79 Å². The van der Waals surface area contributed by atoms with Crippen molar-refractivity contribution in [3.63, 3.8) is 0 Å². The van der Waals surface area contributed by atoms with Crippen LogP contribution in [0.15, 0.2) is 24.3 Å². The Hall–Kier alpha value is -2.74. The van der Waals surface area contributed by atoms with Crippen molar-refractivity contribution in [3.8, 4) is 0 Å². The lowest BCUT2D eigenvalue weighted by Gasteiger charge is -2.28. The Morgan fingerprint density at radius 3 is 2.18 bits per heavy atom. The molecule has 3 amide bonds. The molecule has 0 unspecified atom stereocenters. The third-order valence-electron chi connectivity index (χ3n) is 4.81. The van der Waals surface area contributed by atoms with E-state index < -0.39 is 30.4 Å². The molecule has 1 fully saturated rings. The highest BCUT2D eigenvalue weighted by Gasteiger charge is 2.43. The van der Waals surface area contributed by atoms with Gasteiger partial charge in [0.15, 0.2) is 6.61 Å². The van der Waals surface area contributed by atoms with Crippen LogP contribution in [0.25, 0.3) is 0 Å². The van der Waals surface area contributed by atoms with Crippen LogP contribution in [0.1, 0.15) is 41.0 Å². The summed E-state index contributed by atoms with van der Waals surface area (Å²) >= 11 is 0. The number of carbonyl (C=O) groups excluding carboxylic acids is 4. The predicted octanol–water partition coefficient (Wildman–Crippen LogP) is 1.10. The Morgan fingerprint density at radius 2 is 1.64 bits per heavy atom. The van der Waals surface area contributed by atoms with Crippen molar-refractivity contribution in [2.24, 2.45) is 5.92 Å². The molecule has 0 N–H and O–H groups in total. The number of benzene rings is 1. The average Bonchev–Trinajstić information content (AvgIpc) is 2.95. The van der Waals surface area contributed by atoms with E-state index in [2.05, 4.69) is 0 Å². The minimum atomic E-state index is -1.06. The molecule has 8 heteroatoms. The largest absolute Gasteiger partial charge is 0.454 e. The first kappa shape index (κ1) is 20.0. The van der Waals surface area contributed by atoms with E-state index in [-0.39, 0.29) is 29.4 Å². The molecule has 8 nitrogen and oxygen atoms in total. The predicted molar refractivity (Wildman–Crippen MR) is 98.5 cm³/mol. The molecule has 1 saturated heterocycles.